The normalized spacial score (nSPS) is 19.1. The van der Waals surface area contributed by atoms with Gasteiger partial charge in [0.05, 0.1) is 17.5 Å². The Hall–Kier alpha value is -3.97. The van der Waals surface area contributed by atoms with E-state index in [1.54, 1.807) is 49.6 Å². The molecule has 42 heavy (non-hydrogen) atoms. The largest absolute Gasteiger partial charge is 0.481 e. The molecule has 6 rings (SSSR count). The molecule has 2 unspecified atom stereocenters. The molecule has 10 nitrogen and oxygen atoms in total. The second-order valence-electron chi connectivity index (χ2n) is 10.9. The van der Waals surface area contributed by atoms with Gasteiger partial charge in [-0.2, -0.15) is 4.31 Å². The maximum Gasteiger partial charge on any atom is 0.304 e. The van der Waals surface area contributed by atoms with Crippen molar-refractivity contribution >= 4 is 32.8 Å². The van der Waals surface area contributed by atoms with Crippen LogP contribution in [-0.2, 0) is 28.4 Å². The summed E-state index contributed by atoms with van der Waals surface area (Å²) in [6.45, 7) is 2.90. The monoisotopic (exact) mass is 596 g/mol. The number of carboxylic acid groups (broad SMARTS) is 1. The quantitative estimate of drug-likeness (QED) is 0.334. The zero-order valence-corrected chi connectivity index (χ0v) is 23.9. The summed E-state index contributed by atoms with van der Waals surface area (Å²) >= 11 is 0. The summed E-state index contributed by atoms with van der Waals surface area (Å²) in [4.78, 5) is 18.6. The molecule has 1 saturated heterocycles. The van der Waals surface area contributed by atoms with Crippen LogP contribution in [0.4, 0.5) is 14.6 Å². The summed E-state index contributed by atoms with van der Waals surface area (Å²) in [5.41, 5.74) is 2.21. The Morgan fingerprint density at radius 3 is 2.76 bits per heavy atom. The highest BCUT2D eigenvalue weighted by Gasteiger charge is 2.40. The molecule has 0 radical (unpaired) electrons. The summed E-state index contributed by atoms with van der Waals surface area (Å²) in [5.74, 6) is -1.61. The Kier molecular flexibility index (Phi) is 7.17. The van der Waals surface area contributed by atoms with E-state index in [-0.39, 0.29) is 40.7 Å². The lowest BCUT2D eigenvalue weighted by Crippen LogP contribution is -2.39. The minimum atomic E-state index is -3.90. The predicted molar refractivity (Wildman–Crippen MR) is 151 cm³/mol. The smallest absolute Gasteiger partial charge is 0.304 e. The molecule has 2 aromatic heterocycles. The number of benzene rings is 2. The number of sulfonamides is 1. The van der Waals surface area contributed by atoms with Crippen molar-refractivity contribution in [3.8, 4) is 0 Å². The fourth-order valence-corrected chi connectivity index (χ4v) is 7.85. The van der Waals surface area contributed by atoms with Gasteiger partial charge in [-0.25, -0.2) is 26.9 Å². The molecule has 0 bridgehead atoms. The van der Waals surface area contributed by atoms with E-state index in [2.05, 4.69) is 20.2 Å². The van der Waals surface area contributed by atoms with Crippen molar-refractivity contribution in [1.29, 1.82) is 0 Å². The zero-order chi connectivity index (χ0) is 29.8. The molecule has 2 aromatic carbocycles. The number of fused-ring (bicyclic) bond motifs is 4. The van der Waals surface area contributed by atoms with Gasteiger partial charge in [0.2, 0.25) is 10.0 Å². The number of alkyl halides is 2. The first-order chi connectivity index (χ1) is 20.1. The minimum Gasteiger partial charge on any atom is -0.481 e. The van der Waals surface area contributed by atoms with Gasteiger partial charge in [-0.3, -0.25) is 4.79 Å². The standard InChI is InChI=1S/C29H30F2N6O4S/c1-17-7-8-18(22(14-25(38)39)21-9-10-23-27(26(21)28(30)31)33-34-35(23)2)13-19(17)15-36-16-20-5-4-12-37(20)29-24(42(36,40)41)6-3-11-32-29/h3,6-11,13,20,22,28H,4-5,12,14-16H2,1-2H3,(H,38,39). The van der Waals surface area contributed by atoms with E-state index < -0.39 is 34.8 Å². The number of nitrogens with zero attached hydrogens (tertiary/aromatic N) is 6. The maximum absolute atomic E-state index is 14.5. The summed E-state index contributed by atoms with van der Waals surface area (Å²) in [6, 6.07) is 11.5. The van der Waals surface area contributed by atoms with E-state index in [4.69, 9.17) is 0 Å². The molecule has 0 aliphatic carbocycles. The van der Waals surface area contributed by atoms with Crippen molar-refractivity contribution in [3.63, 3.8) is 0 Å². The molecule has 2 aliphatic rings. The molecule has 1 N–H and O–H groups in total. The average Bonchev–Trinajstić information content (AvgIpc) is 3.56. The van der Waals surface area contributed by atoms with Crippen LogP contribution in [0, 0.1) is 6.92 Å². The summed E-state index contributed by atoms with van der Waals surface area (Å²) in [5, 5.41) is 17.6. The number of anilines is 1. The second kappa shape index (κ2) is 10.7. The molecular weight excluding hydrogens is 566 g/mol. The first kappa shape index (κ1) is 28.2. The van der Waals surface area contributed by atoms with Gasteiger partial charge in [-0.05, 0) is 60.2 Å². The molecule has 0 spiro atoms. The average molecular weight is 597 g/mol. The Bertz CT molecular complexity index is 1790. The molecule has 13 heteroatoms. The summed E-state index contributed by atoms with van der Waals surface area (Å²) < 4.78 is 59.6. The van der Waals surface area contributed by atoms with Gasteiger partial charge in [-0.15, -0.1) is 5.10 Å². The molecule has 1 fully saturated rings. The van der Waals surface area contributed by atoms with Crippen molar-refractivity contribution < 1.29 is 27.1 Å². The molecule has 220 valence electrons. The molecule has 2 aliphatic heterocycles. The van der Waals surface area contributed by atoms with Crippen LogP contribution >= 0.6 is 0 Å². The number of hydrogen-bond acceptors (Lipinski definition) is 7. The van der Waals surface area contributed by atoms with Gasteiger partial charge in [0.15, 0.2) is 0 Å². The first-order valence-electron chi connectivity index (χ1n) is 13.7. The highest BCUT2D eigenvalue weighted by molar-refractivity contribution is 7.89. The number of aromatic nitrogens is 4. The van der Waals surface area contributed by atoms with E-state index >= 15 is 0 Å². The third-order valence-corrected chi connectivity index (χ3v) is 10.2. The molecule has 0 saturated carbocycles. The van der Waals surface area contributed by atoms with Crippen molar-refractivity contribution in [2.45, 2.75) is 56.0 Å². The number of aryl methyl sites for hydroxylation is 2. The van der Waals surface area contributed by atoms with Crippen molar-refractivity contribution in [2.75, 3.05) is 18.0 Å². The number of carboxylic acids is 1. The number of hydrogen-bond donors (Lipinski definition) is 1. The Balaban J connectivity index is 1.43. The number of rotatable bonds is 7. The number of pyridine rings is 1. The van der Waals surface area contributed by atoms with Gasteiger partial charge in [-0.1, -0.05) is 29.5 Å². The summed E-state index contributed by atoms with van der Waals surface area (Å²) in [7, 11) is -2.30. The van der Waals surface area contributed by atoms with Crippen LogP contribution in [0.1, 0.15) is 59.4 Å². The van der Waals surface area contributed by atoms with Crippen LogP contribution in [-0.4, -0.2) is 62.9 Å². The fraction of sp³-hybridized carbons (Fsp3) is 0.379. The molecule has 4 heterocycles. The molecule has 0 amide bonds. The first-order valence-corrected chi connectivity index (χ1v) is 15.1. The van der Waals surface area contributed by atoms with Crippen LogP contribution in [0.25, 0.3) is 11.0 Å². The van der Waals surface area contributed by atoms with Crippen molar-refractivity contribution in [3.05, 3.63) is 76.5 Å². The van der Waals surface area contributed by atoms with E-state index in [0.717, 1.165) is 24.9 Å². The fourth-order valence-electron chi connectivity index (χ4n) is 6.25. The van der Waals surface area contributed by atoms with Crippen LogP contribution in [0.2, 0.25) is 0 Å². The molecular formula is C29H30F2N6O4S. The van der Waals surface area contributed by atoms with E-state index in [9.17, 15) is 27.1 Å². The lowest BCUT2D eigenvalue weighted by atomic mass is 9.84. The SMILES string of the molecule is Cc1ccc(C(CC(=O)O)c2ccc3c(nnn3C)c2C(F)F)cc1CN1CC2CCCN2c2ncccc2S1(=O)=O. The topological polar surface area (TPSA) is 122 Å². The van der Waals surface area contributed by atoms with Gasteiger partial charge in [0, 0.05) is 44.8 Å². The lowest BCUT2D eigenvalue weighted by molar-refractivity contribution is -0.137. The van der Waals surface area contributed by atoms with Crippen LogP contribution in [0.15, 0.2) is 53.6 Å². The van der Waals surface area contributed by atoms with Crippen LogP contribution < -0.4 is 4.90 Å². The van der Waals surface area contributed by atoms with Crippen molar-refractivity contribution in [2.24, 2.45) is 7.05 Å². The third kappa shape index (κ3) is 4.79. The van der Waals surface area contributed by atoms with Crippen LogP contribution in [0.5, 0.6) is 0 Å². The summed E-state index contributed by atoms with van der Waals surface area (Å²) in [6.07, 6.45) is 0.0195. The minimum absolute atomic E-state index is 0.0218. The number of halogens is 2. The lowest BCUT2D eigenvalue weighted by Gasteiger charge is -2.26. The van der Waals surface area contributed by atoms with Crippen LogP contribution in [0.3, 0.4) is 0 Å². The number of aliphatic carboxylic acids is 1. The predicted octanol–water partition coefficient (Wildman–Crippen LogP) is 4.39. The third-order valence-electron chi connectivity index (χ3n) is 8.38. The maximum atomic E-state index is 14.5. The van der Waals surface area contributed by atoms with Gasteiger partial charge < -0.3 is 10.0 Å². The van der Waals surface area contributed by atoms with Gasteiger partial charge >= 0.3 is 5.97 Å². The van der Waals surface area contributed by atoms with E-state index in [0.29, 0.717) is 22.5 Å². The number of carbonyl (C=O) groups is 1. The Labute approximate surface area is 241 Å². The Morgan fingerprint density at radius 2 is 2.00 bits per heavy atom. The molecule has 4 aromatic rings. The van der Waals surface area contributed by atoms with E-state index in [1.807, 2.05) is 6.92 Å². The van der Waals surface area contributed by atoms with Gasteiger partial charge in [0.25, 0.3) is 6.43 Å². The zero-order valence-electron chi connectivity index (χ0n) is 23.1. The van der Waals surface area contributed by atoms with E-state index in [1.165, 1.54) is 15.1 Å². The highest BCUT2D eigenvalue weighted by atomic mass is 32.2. The van der Waals surface area contributed by atoms with Crippen molar-refractivity contribution in [1.82, 2.24) is 24.3 Å². The highest BCUT2D eigenvalue weighted by Crippen LogP contribution is 2.40. The second-order valence-corrected chi connectivity index (χ2v) is 12.8. The molecule has 2 atom stereocenters. The Morgan fingerprint density at radius 1 is 1.19 bits per heavy atom. The van der Waals surface area contributed by atoms with Gasteiger partial charge in [0.1, 0.15) is 16.2 Å².